The highest BCUT2D eigenvalue weighted by Crippen LogP contribution is 2.37. The van der Waals surface area contributed by atoms with E-state index in [0.717, 1.165) is 23.7 Å². The normalized spacial score (nSPS) is 25.3. The standard InChI is InChI=1S/C10H8O2/c11-5-9-7-2-1-3-8(4-7)10(9)6-12/h1-6,9-10H. The predicted molar refractivity (Wildman–Crippen MR) is 44.1 cm³/mol. The summed E-state index contributed by atoms with van der Waals surface area (Å²) in [6, 6.07) is 7.56. The van der Waals surface area contributed by atoms with E-state index < -0.39 is 0 Å². The molecule has 1 aliphatic carbocycles. The van der Waals surface area contributed by atoms with Gasteiger partial charge < -0.3 is 9.59 Å². The minimum Gasteiger partial charge on any atom is -0.303 e. The van der Waals surface area contributed by atoms with Crippen molar-refractivity contribution in [2.24, 2.45) is 0 Å². The molecule has 0 heterocycles. The molecular formula is C10H8O2. The zero-order valence-electron chi connectivity index (χ0n) is 6.44. The van der Waals surface area contributed by atoms with Crippen molar-refractivity contribution in [2.75, 3.05) is 0 Å². The van der Waals surface area contributed by atoms with E-state index in [2.05, 4.69) is 0 Å². The highest BCUT2D eigenvalue weighted by atomic mass is 16.1. The molecule has 0 fully saturated rings. The van der Waals surface area contributed by atoms with Gasteiger partial charge in [-0.25, -0.2) is 0 Å². The van der Waals surface area contributed by atoms with Gasteiger partial charge in [0, 0.05) is 0 Å². The minimum absolute atomic E-state index is 0.243. The predicted octanol–water partition coefficient (Wildman–Crippen LogP) is 1.27. The van der Waals surface area contributed by atoms with Gasteiger partial charge in [-0.05, 0) is 11.1 Å². The number of carbonyl (C=O) groups excluding carboxylic acids is 2. The molecule has 0 spiro atoms. The third kappa shape index (κ3) is 0.811. The van der Waals surface area contributed by atoms with Crippen molar-refractivity contribution in [3.05, 3.63) is 35.4 Å². The lowest BCUT2D eigenvalue weighted by atomic mass is 9.94. The van der Waals surface area contributed by atoms with Crippen LogP contribution >= 0.6 is 0 Å². The topological polar surface area (TPSA) is 34.1 Å². The second-order valence-electron chi connectivity index (χ2n) is 2.99. The van der Waals surface area contributed by atoms with Gasteiger partial charge in [0.2, 0.25) is 0 Å². The summed E-state index contributed by atoms with van der Waals surface area (Å²) < 4.78 is 0. The molecule has 0 saturated heterocycles. The summed E-state index contributed by atoms with van der Waals surface area (Å²) in [4.78, 5) is 21.3. The molecule has 0 saturated carbocycles. The Morgan fingerprint density at radius 2 is 1.50 bits per heavy atom. The summed E-state index contributed by atoms with van der Waals surface area (Å²) in [7, 11) is 0. The Balaban J connectivity index is 2.51. The van der Waals surface area contributed by atoms with E-state index in [9.17, 15) is 9.59 Å². The molecule has 2 atom stereocenters. The van der Waals surface area contributed by atoms with Gasteiger partial charge in [0.05, 0.1) is 11.8 Å². The van der Waals surface area contributed by atoms with E-state index in [1.807, 2.05) is 24.3 Å². The van der Waals surface area contributed by atoms with E-state index in [-0.39, 0.29) is 11.8 Å². The molecule has 2 unspecified atom stereocenters. The fraction of sp³-hybridized carbons (Fsp3) is 0.200. The van der Waals surface area contributed by atoms with Crippen molar-refractivity contribution < 1.29 is 9.59 Å². The van der Waals surface area contributed by atoms with Crippen LogP contribution in [-0.2, 0) is 9.59 Å². The van der Waals surface area contributed by atoms with Crippen LogP contribution in [0.15, 0.2) is 24.3 Å². The largest absolute Gasteiger partial charge is 0.303 e. The van der Waals surface area contributed by atoms with Crippen LogP contribution in [0.25, 0.3) is 0 Å². The fourth-order valence-corrected chi connectivity index (χ4v) is 1.71. The summed E-state index contributed by atoms with van der Waals surface area (Å²) in [5.41, 5.74) is 1.92. The second-order valence-corrected chi connectivity index (χ2v) is 2.99. The molecule has 2 heteroatoms. The highest BCUT2D eigenvalue weighted by molar-refractivity contribution is 5.78. The van der Waals surface area contributed by atoms with Crippen LogP contribution < -0.4 is 0 Å². The molecule has 2 nitrogen and oxygen atoms in total. The maximum atomic E-state index is 10.7. The number of hydrogen-bond acceptors (Lipinski definition) is 2. The zero-order valence-corrected chi connectivity index (χ0v) is 6.44. The molecular weight excluding hydrogens is 152 g/mol. The molecule has 60 valence electrons. The van der Waals surface area contributed by atoms with Gasteiger partial charge in [-0.3, -0.25) is 0 Å². The quantitative estimate of drug-likeness (QED) is 0.610. The van der Waals surface area contributed by atoms with E-state index in [0.29, 0.717) is 0 Å². The first-order valence-corrected chi connectivity index (χ1v) is 3.87. The molecule has 12 heavy (non-hydrogen) atoms. The van der Waals surface area contributed by atoms with Crippen LogP contribution in [0.3, 0.4) is 0 Å². The first-order chi connectivity index (χ1) is 5.86. The molecule has 1 aliphatic rings. The summed E-state index contributed by atoms with van der Waals surface area (Å²) in [5.74, 6) is -0.486. The number of rotatable bonds is 2. The Morgan fingerprint density at radius 3 is 1.92 bits per heavy atom. The molecule has 0 radical (unpaired) electrons. The van der Waals surface area contributed by atoms with Crippen LogP contribution in [0.2, 0.25) is 0 Å². The number of fused-ring (bicyclic) bond motifs is 2. The van der Waals surface area contributed by atoms with Gasteiger partial charge in [0.25, 0.3) is 0 Å². The Labute approximate surface area is 70.2 Å². The molecule has 0 aliphatic heterocycles. The first kappa shape index (κ1) is 7.22. The van der Waals surface area contributed by atoms with Crippen molar-refractivity contribution in [1.29, 1.82) is 0 Å². The van der Waals surface area contributed by atoms with E-state index >= 15 is 0 Å². The molecule has 0 N–H and O–H groups in total. The maximum absolute atomic E-state index is 10.7. The Hall–Kier alpha value is -1.44. The maximum Gasteiger partial charge on any atom is 0.128 e. The second kappa shape index (κ2) is 2.55. The molecule has 0 amide bonds. The number of benzene rings is 1. The smallest absolute Gasteiger partial charge is 0.128 e. The summed E-state index contributed by atoms with van der Waals surface area (Å²) >= 11 is 0. The van der Waals surface area contributed by atoms with Crippen molar-refractivity contribution in [2.45, 2.75) is 11.8 Å². The van der Waals surface area contributed by atoms with Crippen LogP contribution in [0, 0.1) is 0 Å². The van der Waals surface area contributed by atoms with Crippen LogP contribution in [-0.4, -0.2) is 12.6 Å². The molecule has 0 aromatic heterocycles. The van der Waals surface area contributed by atoms with Crippen molar-refractivity contribution in [1.82, 2.24) is 0 Å². The molecule has 2 bridgehead atoms. The van der Waals surface area contributed by atoms with Gasteiger partial charge >= 0.3 is 0 Å². The van der Waals surface area contributed by atoms with E-state index in [4.69, 9.17) is 0 Å². The first-order valence-electron chi connectivity index (χ1n) is 3.87. The number of carbonyl (C=O) groups is 2. The lowest BCUT2D eigenvalue weighted by Gasteiger charge is -2.06. The van der Waals surface area contributed by atoms with Crippen LogP contribution in [0.5, 0.6) is 0 Å². The average molecular weight is 160 g/mol. The Kier molecular flexibility index (Phi) is 1.54. The van der Waals surface area contributed by atoms with Gasteiger partial charge in [-0.15, -0.1) is 0 Å². The van der Waals surface area contributed by atoms with Crippen molar-refractivity contribution in [3.63, 3.8) is 0 Å². The summed E-state index contributed by atoms with van der Waals surface area (Å²) in [5, 5.41) is 0. The minimum atomic E-state index is -0.243. The van der Waals surface area contributed by atoms with Crippen molar-refractivity contribution >= 4 is 12.6 Å². The van der Waals surface area contributed by atoms with Crippen molar-refractivity contribution in [3.8, 4) is 0 Å². The summed E-state index contributed by atoms with van der Waals surface area (Å²) in [6.45, 7) is 0. The lowest BCUT2D eigenvalue weighted by molar-refractivity contribution is -0.114. The Morgan fingerprint density at radius 1 is 1.00 bits per heavy atom. The summed E-state index contributed by atoms with van der Waals surface area (Å²) in [6.07, 6.45) is 1.70. The van der Waals surface area contributed by atoms with E-state index in [1.165, 1.54) is 0 Å². The van der Waals surface area contributed by atoms with Gasteiger partial charge in [0.1, 0.15) is 12.6 Å². The number of aldehydes is 2. The van der Waals surface area contributed by atoms with Gasteiger partial charge in [-0.2, -0.15) is 0 Å². The molecule has 2 rings (SSSR count). The average Bonchev–Trinajstić information content (AvgIpc) is 2.36. The van der Waals surface area contributed by atoms with Gasteiger partial charge in [-0.1, -0.05) is 24.3 Å². The number of hydrogen-bond donors (Lipinski definition) is 0. The Bertz CT molecular complexity index is 301. The molecule has 1 aromatic carbocycles. The fourth-order valence-electron chi connectivity index (χ4n) is 1.71. The van der Waals surface area contributed by atoms with E-state index in [1.54, 1.807) is 0 Å². The SMILES string of the molecule is O=CC1c2cccc(c2)C1C=O. The van der Waals surface area contributed by atoms with Crippen LogP contribution in [0.1, 0.15) is 23.0 Å². The van der Waals surface area contributed by atoms with Gasteiger partial charge in [0.15, 0.2) is 0 Å². The zero-order chi connectivity index (χ0) is 8.55. The molecule has 1 aromatic rings. The lowest BCUT2D eigenvalue weighted by Crippen LogP contribution is -2.06. The van der Waals surface area contributed by atoms with Crippen LogP contribution in [0.4, 0.5) is 0 Å². The monoisotopic (exact) mass is 160 g/mol. The third-order valence-corrected chi connectivity index (χ3v) is 2.36. The third-order valence-electron chi connectivity index (χ3n) is 2.36. The highest BCUT2D eigenvalue weighted by Gasteiger charge is 2.29.